The number of nitrogens with two attached hydrogens (primary N) is 1. The summed E-state index contributed by atoms with van der Waals surface area (Å²) in [5.41, 5.74) is -3.70. The number of rotatable bonds is 0. The number of alkyl halides is 6. The van der Waals surface area contributed by atoms with Crippen LogP contribution in [0.15, 0.2) is 0 Å². The average Bonchev–Trinajstić information content (AvgIpc) is 2.22. The molecule has 86 valence electrons. The minimum atomic E-state index is -5.09. The highest BCUT2D eigenvalue weighted by atomic mass is 35.5. The largest absolute Gasteiger partial charge is 0.436 e. The second kappa shape index (κ2) is 3.19. The Kier molecular flexibility index (Phi) is 2.54. The zero-order valence-corrected chi connectivity index (χ0v) is 7.37. The number of aromatic nitrogens is 2. The van der Waals surface area contributed by atoms with E-state index in [1.54, 1.807) is 0 Å². The number of nitrogen functional groups attached to an aromatic ring is 1. The topological polar surface area (TPSA) is 43.8 Å². The molecular weight excluding hydrogens is 252 g/mol. The Balaban J connectivity index is 3.41. The van der Waals surface area contributed by atoms with E-state index in [-0.39, 0.29) is 0 Å². The van der Waals surface area contributed by atoms with Crippen LogP contribution in [0.5, 0.6) is 0 Å². The molecule has 1 heterocycles. The molecule has 15 heavy (non-hydrogen) atoms. The standard InChI is InChI=1S/C5H2ClF6N3/c6-1-2(4(7,8)9)14-15(13)3(1)5(10,11)12/h13H2. The molecule has 0 aliphatic heterocycles. The van der Waals surface area contributed by atoms with Gasteiger partial charge in [-0.05, 0) is 0 Å². The van der Waals surface area contributed by atoms with E-state index in [1.165, 1.54) is 0 Å². The zero-order valence-electron chi connectivity index (χ0n) is 6.62. The van der Waals surface area contributed by atoms with E-state index in [0.29, 0.717) is 0 Å². The number of hydrogen-bond acceptors (Lipinski definition) is 2. The van der Waals surface area contributed by atoms with Gasteiger partial charge in [-0.25, -0.2) is 0 Å². The third-order valence-corrected chi connectivity index (χ3v) is 1.75. The molecule has 2 N–H and O–H groups in total. The lowest BCUT2D eigenvalue weighted by Crippen LogP contribution is -2.21. The molecule has 1 aromatic rings. The summed E-state index contributed by atoms with van der Waals surface area (Å²) in [6, 6.07) is 0. The van der Waals surface area contributed by atoms with E-state index < -0.39 is 33.6 Å². The highest BCUT2D eigenvalue weighted by Gasteiger charge is 2.46. The Morgan fingerprint density at radius 1 is 1.07 bits per heavy atom. The normalized spacial score (nSPS) is 13.3. The van der Waals surface area contributed by atoms with E-state index in [4.69, 9.17) is 11.6 Å². The molecule has 0 bridgehead atoms. The van der Waals surface area contributed by atoms with Crippen LogP contribution in [0.2, 0.25) is 5.02 Å². The highest BCUT2D eigenvalue weighted by molar-refractivity contribution is 6.32. The van der Waals surface area contributed by atoms with Crippen molar-refractivity contribution in [1.29, 1.82) is 0 Å². The van der Waals surface area contributed by atoms with Gasteiger partial charge in [0, 0.05) is 0 Å². The fourth-order valence-corrected chi connectivity index (χ4v) is 1.19. The van der Waals surface area contributed by atoms with Crippen LogP contribution in [0, 0.1) is 0 Å². The van der Waals surface area contributed by atoms with Crippen LogP contribution in [0.1, 0.15) is 11.4 Å². The minimum absolute atomic E-state index is 0.439. The second-order valence-corrected chi connectivity index (χ2v) is 2.83. The SMILES string of the molecule is Nn1nc(C(F)(F)F)c(Cl)c1C(F)(F)F. The van der Waals surface area contributed by atoms with Gasteiger partial charge in [0.25, 0.3) is 0 Å². The summed E-state index contributed by atoms with van der Waals surface area (Å²) >= 11 is 4.90. The van der Waals surface area contributed by atoms with Gasteiger partial charge in [-0.3, -0.25) is 0 Å². The van der Waals surface area contributed by atoms with Gasteiger partial charge >= 0.3 is 12.4 Å². The van der Waals surface area contributed by atoms with Crippen molar-refractivity contribution < 1.29 is 26.3 Å². The fourth-order valence-electron chi connectivity index (χ4n) is 0.850. The van der Waals surface area contributed by atoms with Gasteiger partial charge in [-0.15, -0.1) is 5.10 Å². The first-order valence-corrected chi connectivity index (χ1v) is 3.61. The van der Waals surface area contributed by atoms with Crippen molar-refractivity contribution in [3.8, 4) is 0 Å². The molecule has 0 saturated carbocycles. The molecule has 1 rings (SSSR count). The Labute approximate surface area is 83.4 Å². The van der Waals surface area contributed by atoms with Gasteiger partial charge in [0.15, 0.2) is 11.4 Å². The molecular formula is C5H2ClF6N3. The number of nitrogens with zero attached hydrogens (tertiary/aromatic N) is 2. The molecule has 0 aromatic carbocycles. The third-order valence-electron chi connectivity index (χ3n) is 1.39. The van der Waals surface area contributed by atoms with E-state index in [2.05, 4.69) is 10.9 Å². The molecule has 0 atom stereocenters. The third kappa shape index (κ3) is 2.11. The molecule has 10 heteroatoms. The lowest BCUT2D eigenvalue weighted by atomic mass is 10.3. The molecule has 0 saturated heterocycles. The maximum atomic E-state index is 12.1. The Hall–Kier alpha value is -1.12. The maximum absolute atomic E-state index is 12.1. The summed E-state index contributed by atoms with van der Waals surface area (Å²) in [6.07, 6.45) is -10.2. The average molecular weight is 254 g/mol. The zero-order chi connectivity index (χ0) is 12.0. The van der Waals surface area contributed by atoms with Crippen molar-refractivity contribution in [2.24, 2.45) is 0 Å². The summed E-state index contributed by atoms with van der Waals surface area (Å²) in [6.45, 7) is 0. The van der Waals surface area contributed by atoms with Crippen molar-refractivity contribution >= 4 is 11.6 Å². The van der Waals surface area contributed by atoms with Crippen LogP contribution < -0.4 is 5.84 Å². The molecule has 0 radical (unpaired) electrons. The van der Waals surface area contributed by atoms with E-state index in [9.17, 15) is 26.3 Å². The van der Waals surface area contributed by atoms with Crippen LogP contribution in [0.25, 0.3) is 0 Å². The first-order chi connectivity index (χ1) is 6.55. The highest BCUT2D eigenvalue weighted by Crippen LogP contribution is 2.41. The van der Waals surface area contributed by atoms with Crippen LogP contribution in [0.4, 0.5) is 26.3 Å². The summed E-state index contributed by atoms with van der Waals surface area (Å²) < 4.78 is 72.5. The Morgan fingerprint density at radius 3 is 1.73 bits per heavy atom. The van der Waals surface area contributed by atoms with Crippen LogP contribution >= 0.6 is 11.6 Å². The molecule has 0 unspecified atom stereocenters. The smallest absolute Gasteiger partial charge is 0.323 e. The summed E-state index contributed by atoms with van der Waals surface area (Å²) in [5.74, 6) is 4.63. The van der Waals surface area contributed by atoms with Crippen LogP contribution in [0.3, 0.4) is 0 Å². The summed E-state index contributed by atoms with van der Waals surface area (Å²) in [4.78, 5) is -0.439. The van der Waals surface area contributed by atoms with E-state index in [1.807, 2.05) is 0 Å². The maximum Gasteiger partial charge on any atom is 0.436 e. The van der Waals surface area contributed by atoms with Crippen molar-refractivity contribution in [1.82, 2.24) is 9.89 Å². The lowest BCUT2D eigenvalue weighted by Gasteiger charge is -2.06. The van der Waals surface area contributed by atoms with Gasteiger partial charge in [-0.1, -0.05) is 11.6 Å². The molecule has 1 aromatic heterocycles. The van der Waals surface area contributed by atoms with Gasteiger partial charge in [0.2, 0.25) is 0 Å². The van der Waals surface area contributed by atoms with Crippen molar-refractivity contribution in [2.75, 3.05) is 5.84 Å². The van der Waals surface area contributed by atoms with Gasteiger partial charge < -0.3 is 5.84 Å². The first kappa shape index (κ1) is 12.0. The molecule has 0 aliphatic carbocycles. The monoisotopic (exact) mass is 253 g/mol. The minimum Gasteiger partial charge on any atom is -0.323 e. The number of hydrogen-bond donors (Lipinski definition) is 1. The van der Waals surface area contributed by atoms with E-state index in [0.717, 1.165) is 0 Å². The number of halogens is 7. The second-order valence-electron chi connectivity index (χ2n) is 2.45. The van der Waals surface area contributed by atoms with Gasteiger partial charge in [-0.2, -0.15) is 31.1 Å². The lowest BCUT2D eigenvalue weighted by molar-refractivity contribution is -0.143. The van der Waals surface area contributed by atoms with Gasteiger partial charge in [0.1, 0.15) is 5.02 Å². The van der Waals surface area contributed by atoms with Crippen LogP contribution in [-0.2, 0) is 12.4 Å². The molecule has 0 spiro atoms. The first-order valence-electron chi connectivity index (χ1n) is 3.23. The van der Waals surface area contributed by atoms with Gasteiger partial charge in [0.05, 0.1) is 0 Å². The predicted octanol–water partition coefficient (Wildman–Crippen LogP) is 2.29. The van der Waals surface area contributed by atoms with Crippen molar-refractivity contribution in [3.63, 3.8) is 0 Å². The van der Waals surface area contributed by atoms with Crippen molar-refractivity contribution in [2.45, 2.75) is 12.4 Å². The summed E-state index contributed by atoms with van der Waals surface area (Å²) in [7, 11) is 0. The molecule has 0 amide bonds. The molecule has 0 fully saturated rings. The fraction of sp³-hybridized carbons (Fsp3) is 0.400. The Morgan fingerprint density at radius 2 is 1.53 bits per heavy atom. The van der Waals surface area contributed by atoms with E-state index >= 15 is 0 Å². The van der Waals surface area contributed by atoms with Crippen LogP contribution in [-0.4, -0.2) is 9.89 Å². The predicted molar refractivity (Wildman–Crippen MR) is 37.4 cm³/mol. The Bertz CT molecular complexity index is 377. The molecule has 0 aliphatic rings. The summed E-state index contributed by atoms with van der Waals surface area (Å²) in [5, 5.41) is 0.908. The molecule has 3 nitrogen and oxygen atoms in total. The van der Waals surface area contributed by atoms with Crippen molar-refractivity contribution in [3.05, 3.63) is 16.4 Å². The quantitative estimate of drug-likeness (QED) is 0.569.